The van der Waals surface area contributed by atoms with Gasteiger partial charge in [0.2, 0.25) is 11.8 Å². The Balaban J connectivity index is 1.79. The van der Waals surface area contributed by atoms with Gasteiger partial charge in [0, 0.05) is 16.1 Å². The van der Waals surface area contributed by atoms with Gasteiger partial charge in [-0.2, -0.15) is 0 Å². The molecule has 2 aromatic carbocycles. The van der Waals surface area contributed by atoms with Gasteiger partial charge in [0.25, 0.3) is 0 Å². The summed E-state index contributed by atoms with van der Waals surface area (Å²) < 4.78 is 0.794. The monoisotopic (exact) mass is 430 g/mol. The number of nitrogens with zero attached hydrogens (tertiary/aromatic N) is 1. The van der Waals surface area contributed by atoms with E-state index in [1.165, 1.54) is 6.07 Å². The summed E-state index contributed by atoms with van der Waals surface area (Å²) in [4.78, 5) is 38.9. The summed E-state index contributed by atoms with van der Waals surface area (Å²) in [6.45, 7) is 0. The van der Waals surface area contributed by atoms with Crippen LogP contribution < -0.4 is 10.2 Å². The lowest BCUT2D eigenvalue weighted by molar-refractivity contribution is -0.142. The van der Waals surface area contributed by atoms with E-state index in [9.17, 15) is 24.6 Å². The third-order valence-corrected chi connectivity index (χ3v) is 5.63. The van der Waals surface area contributed by atoms with Gasteiger partial charge >= 0.3 is 5.97 Å². The molecule has 0 saturated carbocycles. The molecular formula is C19H15BrN2O5. The molecular weight excluding hydrogens is 416 g/mol. The third kappa shape index (κ3) is 2.72. The average Bonchev–Trinajstić information content (AvgIpc) is 3.14. The van der Waals surface area contributed by atoms with Gasteiger partial charge in [0.05, 0.1) is 17.5 Å². The Labute approximate surface area is 162 Å². The van der Waals surface area contributed by atoms with E-state index < -0.39 is 41.7 Å². The normalized spacial score (nSPS) is 27.1. The fourth-order valence-electron chi connectivity index (χ4n) is 3.92. The minimum absolute atomic E-state index is 0.0536. The number of halogens is 1. The number of carboxylic acid groups (broad SMARTS) is 1. The number of imide groups is 1. The molecule has 4 rings (SSSR count). The van der Waals surface area contributed by atoms with Crippen molar-refractivity contribution in [3.8, 4) is 5.75 Å². The highest BCUT2D eigenvalue weighted by atomic mass is 79.9. The molecule has 27 heavy (non-hydrogen) atoms. The van der Waals surface area contributed by atoms with E-state index in [0.29, 0.717) is 11.3 Å². The number of carboxylic acids is 1. The first-order valence-corrected chi connectivity index (χ1v) is 9.09. The summed E-state index contributed by atoms with van der Waals surface area (Å²) in [5, 5.41) is 22.6. The summed E-state index contributed by atoms with van der Waals surface area (Å²) in [5.74, 6) is -4.23. The quantitative estimate of drug-likeness (QED) is 0.643. The molecule has 2 heterocycles. The van der Waals surface area contributed by atoms with Crippen molar-refractivity contribution >= 4 is 39.4 Å². The largest absolute Gasteiger partial charge is 0.508 e. The zero-order valence-electron chi connectivity index (χ0n) is 13.9. The first kappa shape index (κ1) is 17.7. The van der Waals surface area contributed by atoms with Crippen LogP contribution in [0.15, 0.2) is 53.0 Å². The smallest absolute Gasteiger partial charge is 0.321 e. The molecule has 0 unspecified atom stereocenters. The van der Waals surface area contributed by atoms with Gasteiger partial charge in [0.15, 0.2) is 0 Å². The fraction of sp³-hybridized carbons (Fsp3) is 0.211. The molecule has 2 aliphatic heterocycles. The van der Waals surface area contributed by atoms with Crippen LogP contribution in [-0.4, -0.2) is 34.0 Å². The van der Waals surface area contributed by atoms with E-state index in [-0.39, 0.29) is 5.75 Å². The van der Waals surface area contributed by atoms with Crippen molar-refractivity contribution in [1.29, 1.82) is 0 Å². The van der Waals surface area contributed by atoms with Crippen LogP contribution in [0.25, 0.3) is 0 Å². The Morgan fingerprint density at radius 2 is 1.63 bits per heavy atom. The number of phenols is 1. The van der Waals surface area contributed by atoms with Gasteiger partial charge in [0.1, 0.15) is 11.8 Å². The second kappa shape index (κ2) is 6.47. The van der Waals surface area contributed by atoms with E-state index in [2.05, 4.69) is 21.2 Å². The molecule has 0 spiro atoms. The number of rotatable bonds is 3. The van der Waals surface area contributed by atoms with Crippen LogP contribution in [0, 0.1) is 11.8 Å². The van der Waals surface area contributed by atoms with E-state index in [0.717, 1.165) is 9.37 Å². The predicted octanol–water partition coefficient (Wildman–Crippen LogP) is 2.06. The minimum Gasteiger partial charge on any atom is -0.508 e. The highest BCUT2D eigenvalue weighted by Crippen LogP contribution is 2.46. The van der Waals surface area contributed by atoms with Crippen LogP contribution in [0.5, 0.6) is 5.75 Å². The molecule has 0 aliphatic carbocycles. The van der Waals surface area contributed by atoms with E-state index in [4.69, 9.17) is 0 Å². The standard InChI is InChI=1S/C19H15BrN2O5/c20-9-5-7-10(8-6-9)22-17(24)13-14(18(22)25)16(19(26)27)21-15(13)11-3-1-2-4-12(11)23/h1-8,13-16,21,23H,(H,26,27)/t13-,14-,15-,16+/m0/s1. The fourth-order valence-corrected chi connectivity index (χ4v) is 4.18. The van der Waals surface area contributed by atoms with Crippen LogP contribution in [0.1, 0.15) is 11.6 Å². The van der Waals surface area contributed by atoms with Crippen LogP contribution in [0.3, 0.4) is 0 Å². The maximum atomic E-state index is 13.1. The Hall–Kier alpha value is -2.71. The topological polar surface area (TPSA) is 107 Å². The Morgan fingerprint density at radius 1 is 1.00 bits per heavy atom. The van der Waals surface area contributed by atoms with Gasteiger partial charge in [-0.25, -0.2) is 4.90 Å². The molecule has 8 heteroatoms. The van der Waals surface area contributed by atoms with Crippen molar-refractivity contribution in [3.63, 3.8) is 0 Å². The van der Waals surface area contributed by atoms with Crippen LogP contribution in [-0.2, 0) is 14.4 Å². The number of aromatic hydroxyl groups is 1. The van der Waals surface area contributed by atoms with Crippen LogP contribution >= 0.6 is 15.9 Å². The molecule has 4 atom stereocenters. The summed E-state index contributed by atoms with van der Waals surface area (Å²) >= 11 is 3.31. The second-order valence-corrected chi connectivity index (χ2v) is 7.47. The Kier molecular flexibility index (Phi) is 4.24. The molecule has 2 amide bonds. The van der Waals surface area contributed by atoms with Crippen molar-refractivity contribution < 1.29 is 24.6 Å². The van der Waals surface area contributed by atoms with Crippen LogP contribution in [0.4, 0.5) is 5.69 Å². The van der Waals surface area contributed by atoms with E-state index in [1.807, 2.05) is 0 Å². The molecule has 2 aromatic rings. The van der Waals surface area contributed by atoms with Gasteiger partial charge in [-0.05, 0) is 30.3 Å². The maximum absolute atomic E-state index is 13.1. The number of fused-ring (bicyclic) bond motifs is 1. The van der Waals surface area contributed by atoms with Gasteiger partial charge < -0.3 is 10.2 Å². The molecule has 7 nitrogen and oxygen atoms in total. The highest BCUT2D eigenvalue weighted by molar-refractivity contribution is 9.10. The number of hydrogen-bond acceptors (Lipinski definition) is 5. The number of nitrogens with one attached hydrogen (secondary N) is 1. The summed E-state index contributed by atoms with van der Waals surface area (Å²) in [6.07, 6.45) is 0. The number of phenolic OH excluding ortho intramolecular Hbond substituents is 1. The number of carbonyl (C=O) groups excluding carboxylic acids is 2. The average molecular weight is 431 g/mol. The summed E-state index contributed by atoms with van der Waals surface area (Å²) in [7, 11) is 0. The van der Waals surface area contributed by atoms with Crippen molar-refractivity contribution in [3.05, 3.63) is 58.6 Å². The predicted molar refractivity (Wildman–Crippen MR) is 99.0 cm³/mol. The number of hydrogen-bond donors (Lipinski definition) is 3. The van der Waals surface area contributed by atoms with E-state index >= 15 is 0 Å². The number of para-hydroxylation sites is 1. The Bertz CT molecular complexity index is 945. The molecule has 2 saturated heterocycles. The number of carbonyl (C=O) groups is 3. The van der Waals surface area contributed by atoms with Gasteiger partial charge in [-0.3, -0.25) is 19.7 Å². The lowest BCUT2D eigenvalue weighted by atomic mass is 9.86. The number of aliphatic carboxylic acids is 1. The van der Waals surface area contributed by atoms with Crippen molar-refractivity contribution in [2.75, 3.05) is 4.90 Å². The molecule has 2 aliphatic rings. The first-order valence-electron chi connectivity index (χ1n) is 8.30. The Morgan fingerprint density at radius 3 is 2.26 bits per heavy atom. The first-order chi connectivity index (χ1) is 12.9. The second-order valence-electron chi connectivity index (χ2n) is 6.56. The lowest BCUT2D eigenvalue weighted by Crippen LogP contribution is -2.43. The number of anilines is 1. The highest BCUT2D eigenvalue weighted by Gasteiger charge is 2.61. The lowest BCUT2D eigenvalue weighted by Gasteiger charge is -2.22. The van der Waals surface area contributed by atoms with Crippen molar-refractivity contribution in [2.45, 2.75) is 12.1 Å². The molecule has 138 valence electrons. The zero-order chi connectivity index (χ0) is 19.3. The number of amides is 2. The molecule has 0 bridgehead atoms. The maximum Gasteiger partial charge on any atom is 0.321 e. The summed E-state index contributed by atoms with van der Waals surface area (Å²) in [5.41, 5.74) is 0.790. The van der Waals surface area contributed by atoms with Crippen LogP contribution in [0.2, 0.25) is 0 Å². The van der Waals surface area contributed by atoms with Crippen molar-refractivity contribution in [2.24, 2.45) is 11.8 Å². The van der Waals surface area contributed by atoms with E-state index in [1.54, 1.807) is 42.5 Å². The third-order valence-electron chi connectivity index (χ3n) is 5.10. The number of benzene rings is 2. The van der Waals surface area contributed by atoms with Crippen molar-refractivity contribution in [1.82, 2.24) is 5.32 Å². The molecule has 0 radical (unpaired) electrons. The summed E-state index contributed by atoms with van der Waals surface area (Å²) in [6, 6.07) is 11.1. The molecule has 2 fully saturated rings. The molecule has 3 N–H and O–H groups in total. The minimum atomic E-state index is -1.21. The molecule has 0 aromatic heterocycles. The SMILES string of the molecule is O=C(O)[C@@H]1N[C@@H](c2ccccc2O)[C@H]2C(=O)N(c3ccc(Br)cc3)C(=O)[C@@H]21. The zero-order valence-corrected chi connectivity index (χ0v) is 15.5. The van der Waals surface area contributed by atoms with Gasteiger partial charge in [-0.15, -0.1) is 0 Å². The van der Waals surface area contributed by atoms with Gasteiger partial charge in [-0.1, -0.05) is 34.1 Å².